The van der Waals surface area contributed by atoms with E-state index in [9.17, 15) is 9.18 Å². The molecule has 0 atom stereocenters. The van der Waals surface area contributed by atoms with Crippen LogP contribution in [0.25, 0.3) is 0 Å². The average Bonchev–Trinajstić information content (AvgIpc) is 2.18. The quantitative estimate of drug-likeness (QED) is 0.506. The first kappa shape index (κ1) is 9.64. The lowest BCUT2D eigenvalue weighted by atomic mass is 10.3. The summed E-state index contributed by atoms with van der Waals surface area (Å²) < 4.78 is 13.4. The molecule has 0 aliphatic rings. The molecule has 0 spiro atoms. The van der Waals surface area contributed by atoms with Gasteiger partial charge in [0.25, 0.3) is 5.78 Å². The van der Waals surface area contributed by atoms with Crippen LogP contribution in [0, 0.1) is 0 Å². The summed E-state index contributed by atoms with van der Waals surface area (Å²) in [6.45, 7) is 1.22. The molecule has 1 aromatic heterocycles. The van der Waals surface area contributed by atoms with Gasteiger partial charge >= 0.3 is 5.69 Å². The maximum atomic E-state index is 12.1. The standard InChI is InChI=1S/C9H11FNO2/c1-2-13-11-6-4-3-5-8(11)9(12)7-10/h3-6H,2,7H2,1H3/q+1. The van der Waals surface area contributed by atoms with Crippen molar-refractivity contribution in [3.05, 3.63) is 30.1 Å². The molecular weight excluding hydrogens is 173 g/mol. The van der Waals surface area contributed by atoms with Gasteiger partial charge in [-0.15, -0.1) is 0 Å². The second-order valence-electron chi connectivity index (χ2n) is 2.39. The molecule has 0 aliphatic heterocycles. The number of hydrogen-bond donors (Lipinski definition) is 0. The number of hydrogen-bond acceptors (Lipinski definition) is 2. The average molecular weight is 184 g/mol. The molecule has 70 valence electrons. The van der Waals surface area contributed by atoms with Gasteiger partial charge in [0, 0.05) is 16.9 Å². The summed E-state index contributed by atoms with van der Waals surface area (Å²) >= 11 is 0. The molecule has 0 N–H and O–H groups in total. The SMILES string of the molecule is CCO[n+]1ccccc1C(=O)CF. The molecular formula is C9H11FNO2+. The van der Waals surface area contributed by atoms with Crippen molar-refractivity contribution in [2.24, 2.45) is 0 Å². The van der Waals surface area contributed by atoms with Crippen LogP contribution in [0.1, 0.15) is 17.4 Å². The lowest BCUT2D eigenvalue weighted by molar-refractivity contribution is -0.891. The Hall–Kier alpha value is -1.45. The maximum Gasteiger partial charge on any atom is 0.302 e. The first-order chi connectivity index (χ1) is 6.29. The van der Waals surface area contributed by atoms with E-state index in [-0.39, 0.29) is 5.69 Å². The lowest BCUT2D eigenvalue weighted by Gasteiger charge is -1.97. The third kappa shape index (κ3) is 2.24. The van der Waals surface area contributed by atoms with Crippen LogP contribution in [0.4, 0.5) is 4.39 Å². The van der Waals surface area contributed by atoms with Gasteiger partial charge in [-0.25, -0.2) is 4.39 Å². The minimum Gasteiger partial charge on any atom is -0.284 e. The van der Waals surface area contributed by atoms with Gasteiger partial charge in [0.1, 0.15) is 0 Å². The van der Waals surface area contributed by atoms with Gasteiger partial charge in [-0.3, -0.25) is 9.63 Å². The van der Waals surface area contributed by atoms with E-state index in [4.69, 9.17) is 4.84 Å². The highest BCUT2D eigenvalue weighted by atomic mass is 19.1. The van der Waals surface area contributed by atoms with E-state index < -0.39 is 12.5 Å². The second kappa shape index (κ2) is 4.54. The zero-order valence-electron chi connectivity index (χ0n) is 7.37. The predicted octanol–water partition coefficient (Wildman–Crippen LogP) is 0.575. The summed E-state index contributed by atoms with van der Waals surface area (Å²) in [6.07, 6.45) is 1.58. The minimum atomic E-state index is -1.00. The highest BCUT2D eigenvalue weighted by molar-refractivity contribution is 5.93. The van der Waals surface area contributed by atoms with E-state index in [1.807, 2.05) is 0 Å². The summed E-state index contributed by atoms with van der Waals surface area (Å²) in [4.78, 5) is 16.1. The van der Waals surface area contributed by atoms with Crippen LogP contribution in [0.2, 0.25) is 0 Å². The van der Waals surface area contributed by atoms with Crippen molar-refractivity contribution in [1.29, 1.82) is 0 Å². The van der Waals surface area contributed by atoms with E-state index in [0.29, 0.717) is 6.61 Å². The summed E-state index contributed by atoms with van der Waals surface area (Å²) in [7, 11) is 0. The molecule has 0 radical (unpaired) electrons. The number of aromatic nitrogens is 1. The fourth-order valence-corrected chi connectivity index (χ4v) is 0.964. The van der Waals surface area contributed by atoms with Crippen LogP contribution in [0.5, 0.6) is 0 Å². The summed E-state index contributed by atoms with van der Waals surface area (Å²) in [6, 6.07) is 4.90. The van der Waals surface area contributed by atoms with Crippen molar-refractivity contribution in [2.75, 3.05) is 13.3 Å². The van der Waals surface area contributed by atoms with Crippen molar-refractivity contribution in [3.63, 3.8) is 0 Å². The Morgan fingerprint density at radius 3 is 3.00 bits per heavy atom. The van der Waals surface area contributed by atoms with Crippen LogP contribution in [0.3, 0.4) is 0 Å². The van der Waals surface area contributed by atoms with Crippen LogP contribution < -0.4 is 9.57 Å². The second-order valence-corrected chi connectivity index (χ2v) is 2.39. The van der Waals surface area contributed by atoms with Gasteiger partial charge in [-0.05, 0) is 13.0 Å². The largest absolute Gasteiger partial charge is 0.302 e. The Balaban J connectivity index is 2.97. The van der Waals surface area contributed by atoms with Crippen LogP contribution in [-0.4, -0.2) is 19.1 Å². The third-order valence-electron chi connectivity index (χ3n) is 1.50. The van der Waals surface area contributed by atoms with Gasteiger partial charge in [0.2, 0.25) is 6.20 Å². The first-order valence-electron chi connectivity index (χ1n) is 4.02. The van der Waals surface area contributed by atoms with Crippen LogP contribution in [0.15, 0.2) is 24.4 Å². The smallest absolute Gasteiger partial charge is 0.284 e. The van der Waals surface area contributed by atoms with E-state index in [2.05, 4.69) is 0 Å². The van der Waals surface area contributed by atoms with Crippen molar-refractivity contribution in [1.82, 2.24) is 0 Å². The van der Waals surface area contributed by atoms with E-state index >= 15 is 0 Å². The monoisotopic (exact) mass is 184 g/mol. The number of nitrogens with zero attached hydrogens (tertiary/aromatic N) is 1. The number of halogens is 1. The molecule has 0 saturated carbocycles. The zero-order valence-corrected chi connectivity index (χ0v) is 7.37. The number of Topliss-reactive ketones (excluding diaryl/α,β-unsaturated/α-hetero) is 1. The first-order valence-corrected chi connectivity index (χ1v) is 4.02. The molecule has 3 nitrogen and oxygen atoms in total. The number of carbonyl (C=O) groups excluding carboxylic acids is 1. The summed E-state index contributed by atoms with van der Waals surface area (Å²) in [5.41, 5.74) is 0.229. The minimum absolute atomic E-state index is 0.229. The highest BCUT2D eigenvalue weighted by Crippen LogP contribution is 1.93. The molecule has 4 heteroatoms. The lowest BCUT2D eigenvalue weighted by Crippen LogP contribution is -2.47. The Morgan fingerprint density at radius 2 is 2.38 bits per heavy atom. The topological polar surface area (TPSA) is 30.2 Å². The Bertz CT molecular complexity index is 301. The fourth-order valence-electron chi connectivity index (χ4n) is 0.964. The maximum absolute atomic E-state index is 12.1. The highest BCUT2D eigenvalue weighted by Gasteiger charge is 2.19. The van der Waals surface area contributed by atoms with Gasteiger partial charge in [-0.1, -0.05) is 0 Å². The molecule has 0 aliphatic carbocycles. The molecule has 0 aromatic carbocycles. The molecule has 13 heavy (non-hydrogen) atoms. The van der Waals surface area contributed by atoms with Gasteiger partial charge in [-0.2, -0.15) is 0 Å². The molecule has 0 fully saturated rings. The number of alkyl halides is 1. The molecule has 0 unspecified atom stereocenters. The number of rotatable bonds is 4. The normalized spacial score (nSPS) is 9.69. The number of pyridine rings is 1. The Labute approximate surface area is 75.7 Å². The molecule has 0 bridgehead atoms. The Morgan fingerprint density at radius 1 is 1.62 bits per heavy atom. The van der Waals surface area contributed by atoms with Crippen molar-refractivity contribution in [2.45, 2.75) is 6.92 Å². The van der Waals surface area contributed by atoms with Gasteiger partial charge < -0.3 is 0 Å². The molecule has 1 heterocycles. The van der Waals surface area contributed by atoms with Crippen molar-refractivity contribution < 1.29 is 18.8 Å². The predicted molar refractivity (Wildman–Crippen MR) is 44.1 cm³/mol. The van der Waals surface area contributed by atoms with Crippen molar-refractivity contribution >= 4 is 5.78 Å². The summed E-state index contributed by atoms with van der Waals surface area (Å²) in [5.74, 6) is -0.575. The van der Waals surface area contributed by atoms with Gasteiger partial charge in [0.05, 0.1) is 0 Å². The zero-order chi connectivity index (χ0) is 9.68. The molecule has 1 aromatic rings. The number of ketones is 1. The Kier molecular flexibility index (Phi) is 3.37. The van der Waals surface area contributed by atoms with Crippen molar-refractivity contribution in [3.8, 4) is 0 Å². The van der Waals surface area contributed by atoms with E-state index in [1.165, 1.54) is 10.8 Å². The van der Waals surface area contributed by atoms with Crippen LogP contribution in [-0.2, 0) is 0 Å². The molecule has 0 amide bonds. The molecule has 1 rings (SSSR count). The number of carbonyl (C=O) groups is 1. The van der Waals surface area contributed by atoms with E-state index in [1.54, 1.807) is 25.3 Å². The third-order valence-corrected chi connectivity index (χ3v) is 1.50. The fraction of sp³-hybridized carbons (Fsp3) is 0.333. The summed E-state index contributed by atoms with van der Waals surface area (Å²) in [5, 5.41) is 0. The van der Waals surface area contributed by atoms with Gasteiger partial charge in [0.15, 0.2) is 13.3 Å². The van der Waals surface area contributed by atoms with Crippen LogP contribution >= 0.6 is 0 Å². The van der Waals surface area contributed by atoms with E-state index in [0.717, 1.165) is 0 Å². The molecule has 0 saturated heterocycles.